The van der Waals surface area contributed by atoms with Gasteiger partial charge < -0.3 is 20.7 Å². The first-order chi connectivity index (χ1) is 21.8. The summed E-state index contributed by atoms with van der Waals surface area (Å²) in [7, 11) is -1.49. The molecule has 3 N–H and O–H groups in total. The Labute approximate surface area is 284 Å². The molecule has 1 atom stereocenters. The normalized spacial score (nSPS) is 15.4. The summed E-state index contributed by atoms with van der Waals surface area (Å²) < 4.78 is 33.0. The van der Waals surface area contributed by atoms with Crippen molar-refractivity contribution in [2.75, 3.05) is 17.2 Å². The van der Waals surface area contributed by atoms with Gasteiger partial charge in [0.15, 0.2) is 0 Å². The molecule has 1 aliphatic heterocycles. The molecule has 0 aliphatic carbocycles. The molecule has 0 spiro atoms. The SMILES string of the molecule is CC(C)(C)OC(=O)NCC(N)=O.CCC/C=N\N(/N=C(\C)c1cc2c(cc1F)S(=O)CCC(=O)N2Cc1ccc(Cl)cc1)C(C)(C)C. The number of carbonyl (C=O) groups excluding carboxylic acids is 3. The number of primary amides is 1. The van der Waals surface area contributed by atoms with Gasteiger partial charge in [0.1, 0.15) is 11.4 Å². The molecule has 1 aliphatic rings. The van der Waals surface area contributed by atoms with Crippen molar-refractivity contribution in [1.29, 1.82) is 0 Å². The van der Waals surface area contributed by atoms with Crippen LogP contribution in [0.15, 0.2) is 51.5 Å². The number of fused-ring (bicyclic) bond motifs is 1. The third-order valence-electron chi connectivity index (χ3n) is 6.29. The quantitative estimate of drug-likeness (QED) is 0.239. The lowest BCUT2D eigenvalue weighted by molar-refractivity contribution is -0.118. The van der Waals surface area contributed by atoms with Gasteiger partial charge in [0, 0.05) is 29.0 Å². The highest BCUT2D eigenvalue weighted by atomic mass is 35.5. The number of nitrogens with one attached hydrogen (secondary N) is 1. The van der Waals surface area contributed by atoms with E-state index >= 15 is 4.39 Å². The van der Waals surface area contributed by atoms with Crippen LogP contribution in [-0.4, -0.2) is 62.6 Å². The number of halogens is 2. The number of rotatable bonds is 9. The molecule has 2 aromatic rings. The second-order valence-corrected chi connectivity index (χ2v) is 14.7. The fourth-order valence-corrected chi connectivity index (χ4v) is 5.34. The Hall–Kier alpha value is -3.84. The fourth-order valence-electron chi connectivity index (χ4n) is 4.00. The van der Waals surface area contributed by atoms with Crippen LogP contribution in [0.5, 0.6) is 0 Å². The average Bonchev–Trinajstić information content (AvgIpc) is 3.07. The molecule has 0 saturated heterocycles. The van der Waals surface area contributed by atoms with E-state index in [1.807, 2.05) is 32.9 Å². The molecule has 258 valence electrons. The summed E-state index contributed by atoms with van der Waals surface area (Å²) in [5, 5.41) is 13.4. The van der Waals surface area contributed by atoms with Crippen molar-refractivity contribution in [1.82, 2.24) is 10.4 Å². The number of anilines is 1. The van der Waals surface area contributed by atoms with E-state index in [-0.39, 0.29) is 36.7 Å². The Kier molecular flexibility index (Phi) is 14.5. The van der Waals surface area contributed by atoms with E-state index < -0.39 is 39.8 Å². The highest BCUT2D eigenvalue weighted by Gasteiger charge is 2.29. The van der Waals surface area contributed by atoms with Crippen LogP contribution in [0.1, 0.15) is 85.8 Å². The molecule has 0 aromatic heterocycles. The summed E-state index contributed by atoms with van der Waals surface area (Å²) >= 11 is 6.01. The Balaban J connectivity index is 0.000000544. The monoisotopic (exact) mass is 692 g/mol. The highest BCUT2D eigenvalue weighted by molar-refractivity contribution is 7.85. The summed E-state index contributed by atoms with van der Waals surface area (Å²) in [5.41, 5.74) is 5.75. The minimum absolute atomic E-state index is 0.114. The molecule has 3 amide bonds. The lowest BCUT2D eigenvalue weighted by atomic mass is 10.1. The molecule has 1 heterocycles. The van der Waals surface area contributed by atoms with Crippen LogP contribution in [0.25, 0.3) is 0 Å². The van der Waals surface area contributed by atoms with Crippen LogP contribution >= 0.6 is 11.6 Å². The maximum Gasteiger partial charge on any atom is 0.408 e. The number of ether oxygens (including phenoxy) is 1. The van der Waals surface area contributed by atoms with E-state index in [0.717, 1.165) is 18.4 Å². The standard InChI is InChI=1S/C26H32ClFN4O2S.C7H14N2O3/c1-6-7-13-29-32(26(3,4)5)30-18(2)21-15-23-24(16-22(21)28)35(34)14-12-25(33)31(23)17-19-8-10-20(27)11-9-19;1-7(2,3)12-6(11)9-4-5(8)10/h8-11,13,15-16H,6-7,12,14,17H2,1-5H3;4H2,1-3H3,(H2,8,10)(H,9,11)/b29-13-,30-18+;. The van der Waals surface area contributed by atoms with Gasteiger partial charge in [0.2, 0.25) is 11.8 Å². The first kappa shape index (κ1) is 39.3. The van der Waals surface area contributed by atoms with Crippen LogP contribution in [0.2, 0.25) is 5.02 Å². The van der Waals surface area contributed by atoms with Gasteiger partial charge in [-0.05, 0) is 84.7 Å². The van der Waals surface area contributed by atoms with E-state index in [4.69, 9.17) is 22.1 Å². The van der Waals surface area contributed by atoms with Gasteiger partial charge in [0.25, 0.3) is 0 Å². The zero-order chi connectivity index (χ0) is 35.5. The van der Waals surface area contributed by atoms with Crippen molar-refractivity contribution in [3.05, 3.63) is 58.4 Å². The van der Waals surface area contributed by atoms with Gasteiger partial charge >= 0.3 is 6.09 Å². The number of alkyl carbamates (subject to hydrolysis) is 1. The zero-order valence-electron chi connectivity index (χ0n) is 28.4. The summed E-state index contributed by atoms with van der Waals surface area (Å²) in [6.07, 6.45) is 3.04. The zero-order valence-corrected chi connectivity index (χ0v) is 29.9. The van der Waals surface area contributed by atoms with Crippen LogP contribution in [0.3, 0.4) is 0 Å². The van der Waals surface area contributed by atoms with E-state index in [1.165, 1.54) is 6.07 Å². The van der Waals surface area contributed by atoms with Gasteiger partial charge in [-0.3, -0.25) is 13.8 Å². The minimum Gasteiger partial charge on any atom is -0.444 e. The topological polar surface area (TPSA) is 147 Å². The largest absolute Gasteiger partial charge is 0.444 e. The maximum atomic E-state index is 15.3. The number of nitrogens with two attached hydrogens (primary N) is 1. The van der Waals surface area contributed by atoms with Crippen molar-refractivity contribution < 1.29 is 27.7 Å². The third-order valence-corrected chi connectivity index (χ3v) is 7.93. The molecule has 14 heteroatoms. The van der Waals surface area contributed by atoms with Gasteiger partial charge in [-0.25, -0.2) is 9.18 Å². The predicted octanol–water partition coefficient (Wildman–Crippen LogP) is 6.13. The molecule has 0 bridgehead atoms. The summed E-state index contributed by atoms with van der Waals surface area (Å²) in [5.74, 6) is -1.15. The van der Waals surface area contributed by atoms with Crippen molar-refractivity contribution in [3.63, 3.8) is 0 Å². The van der Waals surface area contributed by atoms with Crippen molar-refractivity contribution >= 4 is 57.9 Å². The van der Waals surface area contributed by atoms with Crippen LogP contribution in [-0.2, 0) is 31.7 Å². The minimum atomic E-state index is -1.49. The summed E-state index contributed by atoms with van der Waals surface area (Å²) in [6.45, 7) is 14.9. The third kappa shape index (κ3) is 13.1. The number of nitrogens with zero attached hydrogens (tertiary/aromatic N) is 4. The molecule has 2 aromatic carbocycles. The lowest BCUT2D eigenvalue weighted by Gasteiger charge is -2.29. The van der Waals surface area contributed by atoms with E-state index in [0.29, 0.717) is 21.3 Å². The van der Waals surface area contributed by atoms with Gasteiger partial charge in [-0.2, -0.15) is 15.3 Å². The average molecular weight is 693 g/mol. The summed E-state index contributed by atoms with van der Waals surface area (Å²) in [6, 6.07) is 10.0. The number of hydrazone groups is 2. The Morgan fingerprint density at radius 3 is 2.36 bits per heavy atom. The van der Waals surface area contributed by atoms with Crippen LogP contribution < -0.4 is 16.0 Å². The van der Waals surface area contributed by atoms with Crippen LogP contribution in [0.4, 0.5) is 14.9 Å². The first-order valence-electron chi connectivity index (χ1n) is 15.2. The molecule has 0 fully saturated rings. The Bertz CT molecular complexity index is 1500. The smallest absolute Gasteiger partial charge is 0.408 e. The lowest BCUT2D eigenvalue weighted by Crippen LogP contribution is -2.37. The van der Waals surface area contributed by atoms with Gasteiger partial charge in [-0.15, -0.1) is 0 Å². The summed E-state index contributed by atoms with van der Waals surface area (Å²) in [4.78, 5) is 36.0. The number of benzene rings is 2. The van der Waals surface area contributed by atoms with Crippen molar-refractivity contribution in [3.8, 4) is 0 Å². The van der Waals surface area contributed by atoms with Gasteiger partial charge in [0.05, 0.1) is 45.7 Å². The molecule has 47 heavy (non-hydrogen) atoms. The maximum absolute atomic E-state index is 15.3. The molecule has 0 saturated carbocycles. The molecule has 3 rings (SSSR count). The number of unbranched alkanes of at least 4 members (excludes halogenated alkanes) is 1. The fraction of sp³-hybridized carbons (Fsp3) is 0.485. The number of hydrogen-bond donors (Lipinski definition) is 2. The molecule has 0 radical (unpaired) electrons. The molecular weight excluding hydrogens is 647 g/mol. The first-order valence-corrected chi connectivity index (χ1v) is 16.9. The van der Waals surface area contributed by atoms with Gasteiger partial charge in [-0.1, -0.05) is 37.1 Å². The van der Waals surface area contributed by atoms with E-state index in [1.54, 1.807) is 62.1 Å². The predicted molar refractivity (Wildman–Crippen MR) is 186 cm³/mol. The Morgan fingerprint density at radius 1 is 1.17 bits per heavy atom. The second-order valence-electron chi connectivity index (χ2n) is 12.8. The van der Waals surface area contributed by atoms with E-state index in [2.05, 4.69) is 22.4 Å². The number of amides is 3. The number of carbonyl (C=O) groups is 3. The van der Waals surface area contributed by atoms with Crippen LogP contribution in [0, 0.1) is 5.82 Å². The van der Waals surface area contributed by atoms with Crippen molar-refractivity contribution in [2.24, 2.45) is 15.9 Å². The van der Waals surface area contributed by atoms with E-state index in [9.17, 15) is 18.6 Å². The molecular formula is C33H46ClFN6O5S. The molecule has 1 unspecified atom stereocenters. The van der Waals surface area contributed by atoms with Crippen molar-refractivity contribution in [2.45, 2.75) is 97.2 Å². The highest BCUT2D eigenvalue weighted by Crippen LogP contribution is 2.33. The second kappa shape index (κ2) is 17.4. The molecule has 11 nitrogen and oxygen atoms in total. The number of hydrogen-bond acceptors (Lipinski definition) is 8. The Morgan fingerprint density at radius 2 is 1.81 bits per heavy atom.